The highest BCUT2D eigenvalue weighted by molar-refractivity contribution is 4.73. The minimum absolute atomic E-state index is 0.375. The Bertz CT molecular complexity index is 209. The largest absolute Gasteiger partial charge is 0.396 e. The third-order valence-corrected chi connectivity index (χ3v) is 4.79. The Morgan fingerprint density at radius 2 is 1.61 bits per heavy atom. The van der Waals surface area contributed by atoms with Gasteiger partial charge < -0.3 is 15.3 Å². The van der Waals surface area contributed by atoms with Crippen molar-refractivity contribution in [2.45, 2.75) is 44.9 Å². The number of aliphatic hydroxyl groups excluding tert-OH is 1. The maximum Gasteiger partial charge on any atom is 0.0433 e. The summed E-state index contributed by atoms with van der Waals surface area (Å²) in [7, 11) is 0. The standard InChI is InChI=1S/C15H30N2O/c18-13-7-15-5-11-17(12-6-15)10-1-2-14-3-8-16-9-4-14/h14-16,18H,1-13H2. The quantitative estimate of drug-likeness (QED) is 0.759. The van der Waals surface area contributed by atoms with Crippen LogP contribution in [0.15, 0.2) is 0 Å². The maximum atomic E-state index is 8.95. The van der Waals surface area contributed by atoms with Gasteiger partial charge in [0.1, 0.15) is 0 Å². The molecule has 0 aromatic carbocycles. The molecule has 106 valence electrons. The second-order valence-electron chi connectivity index (χ2n) is 6.13. The van der Waals surface area contributed by atoms with Crippen LogP contribution in [0, 0.1) is 11.8 Å². The first-order valence-electron chi connectivity index (χ1n) is 7.92. The molecule has 0 aromatic heterocycles. The van der Waals surface area contributed by atoms with Crippen LogP contribution in [0.3, 0.4) is 0 Å². The fraction of sp³-hybridized carbons (Fsp3) is 1.00. The molecule has 0 saturated carbocycles. The average Bonchev–Trinajstić information content (AvgIpc) is 2.42. The summed E-state index contributed by atoms with van der Waals surface area (Å²) >= 11 is 0. The van der Waals surface area contributed by atoms with Crippen molar-refractivity contribution in [3.05, 3.63) is 0 Å². The lowest BCUT2D eigenvalue weighted by Crippen LogP contribution is -2.35. The van der Waals surface area contributed by atoms with Gasteiger partial charge in [-0.25, -0.2) is 0 Å². The highest BCUT2D eigenvalue weighted by Crippen LogP contribution is 2.22. The van der Waals surface area contributed by atoms with Crippen molar-refractivity contribution in [1.82, 2.24) is 10.2 Å². The lowest BCUT2D eigenvalue weighted by atomic mass is 9.92. The van der Waals surface area contributed by atoms with Crippen LogP contribution >= 0.6 is 0 Å². The van der Waals surface area contributed by atoms with Crippen molar-refractivity contribution in [2.75, 3.05) is 39.3 Å². The molecule has 0 spiro atoms. The van der Waals surface area contributed by atoms with Gasteiger partial charge >= 0.3 is 0 Å². The number of hydrogen-bond acceptors (Lipinski definition) is 3. The van der Waals surface area contributed by atoms with Crippen LogP contribution in [0.25, 0.3) is 0 Å². The Labute approximate surface area is 112 Å². The van der Waals surface area contributed by atoms with E-state index in [-0.39, 0.29) is 0 Å². The molecule has 0 unspecified atom stereocenters. The van der Waals surface area contributed by atoms with Gasteiger partial charge in [0.2, 0.25) is 0 Å². The van der Waals surface area contributed by atoms with Gasteiger partial charge in [-0.2, -0.15) is 0 Å². The Balaban J connectivity index is 1.52. The van der Waals surface area contributed by atoms with E-state index in [0.717, 1.165) is 18.3 Å². The van der Waals surface area contributed by atoms with Crippen molar-refractivity contribution in [3.63, 3.8) is 0 Å². The summed E-state index contributed by atoms with van der Waals surface area (Å²) in [6.45, 7) is 6.67. The molecule has 0 aliphatic carbocycles. The van der Waals surface area contributed by atoms with Crippen molar-refractivity contribution in [1.29, 1.82) is 0 Å². The molecule has 2 aliphatic heterocycles. The van der Waals surface area contributed by atoms with Gasteiger partial charge in [0, 0.05) is 6.61 Å². The van der Waals surface area contributed by atoms with Gasteiger partial charge in [0.25, 0.3) is 0 Å². The molecule has 0 bridgehead atoms. The van der Waals surface area contributed by atoms with E-state index in [0.29, 0.717) is 6.61 Å². The lowest BCUT2D eigenvalue weighted by Gasteiger charge is -2.32. The van der Waals surface area contributed by atoms with E-state index in [1.165, 1.54) is 71.2 Å². The minimum atomic E-state index is 0.375. The van der Waals surface area contributed by atoms with Crippen LogP contribution in [0.1, 0.15) is 44.9 Å². The van der Waals surface area contributed by atoms with E-state index < -0.39 is 0 Å². The topological polar surface area (TPSA) is 35.5 Å². The Kier molecular flexibility index (Phi) is 6.46. The van der Waals surface area contributed by atoms with Crippen LogP contribution in [0.2, 0.25) is 0 Å². The van der Waals surface area contributed by atoms with Crippen LogP contribution < -0.4 is 5.32 Å². The summed E-state index contributed by atoms with van der Waals surface area (Å²) < 4.78 is 0. The third kappa shape index (κ3) is 4.87. The highest BCUT2D eigenvalue weighted by Gasteiger charge is 2.19. The number of hydrogen-bond donors (Lipinski definition) is 2. The lowest BCUT2D eigenvalue weighted by molar-refractivity contribution is 0.154. The summed E-state index contributed by atoms with van der Waals surface area (Å²) in [5.41, 5.74) is 0. The van der Waals surface area contributed by atoms with Gasteiger partial charge in [-0.3, -0.25) is 0 Å². The van der Waals surface area contributed by atoms with E-state index in [1.54, 1.807) is 0 Å². The van der Waals surface area contributed by atoms with Gasteiger partial charge in [-0.15, -0.1) is 0 Å². The van der Waals surface area contributed by atoms with Crippen molar-refractivity contribution in [3.8, 4) is 0 Å². The molecule has 2 saturated heterocycles. The molecule has 2 heterocycles. The Morgan fingerprint density at radius 1 is 0.944 bits per heavy atom. The average molecular weight is 254 g/mol. The zero-order valence-electron chi connectivity index (χ0n) is 11.7. The number of nitrogens with zero attached hydrogens (tertiary/aromatic N) is 1. The molecule has 0 aromatic rings. The predicted molar refractivity (Wildman–Crippen MR) is 75.7 cm³/mol. The normalized spacial score (nSPS) is 24.5. The third-order valence-electron chi connectivity index (χ3n) is 4.79. The van der Waals surface area contributed by atoms with Crippen LogP contribution in [0.5, 0.6) is 0 Å². The first-order chi connectivity index (χ1) is 8.88. The minimum Gasteiger partial charge on any atom is -0.396 e. The SMILES string of the molecule is OCCC1CCN(CCCC2CCNCC2)CC1. The zero-order valence-corrected chi connectivity index (χ0v) is 11.7. The summed E-state index contributed by atoms with van der Waals surface area (Å²) in [5, 5.41) is 12.4. The maximum absolute atomic E-state index is 8.95. The van der Waals surface area contributed by atoms with Crippen LogP contribution in [-0.2, 0) is 0 Å². The summed E-state index contributed by atoms with van der Waals surface area (Å²) in [6, 6.07) is 0. The molecule has 2 rings (SSSR count). The van der Waals surface area contributed by atoms with Crippen molar-refractivity contribution >= 4 is 0 Å². The summed E-state index contributed by atoms with van der Waals surface area (Å²) in [6.07, 6.45) is 9.20. The number of aliphatic hydroxyl groups is 1. The molecule has 2 fully saturated rings. The molecule has 2 aliphatic rings. The fourth-order valence-electron chi connectivity index (χ4n) is 3.46. The Morgan fingerprint density at radius 3 is 2.28 bits per heavy atom. The van der Waals surface area contributed by atoms with Crippen LogP contribution in [-0.4, -0.2) is 49.3 Å². The molecule has 18 heavy (non-hydrogen) atoms. The molecule has 2 N–H and O–H groups in total. The number of rotatable bonds is 6. The van der Waals surface area contributed by atoms with Crippen molar-refractivity contribution in [2.24, 2.45) is 11.8 Å². The number of nitrogens with one attached hydrogen (secondary N) is 1. The van der Waals surface area contributed by atoms with Crippen LogP contribution in [0.4, 0.5) is 0 Å². The first-order valence-corrected chi connectivity index (χ1v) is 7.92. The number of piperidine rings is 2. The van der Waals surface area contributed by atoms with Gasteiger partial charge in [0.05, 0.1) is 0 Å². The van der Waals surface area contributed by atoms with Gasteiger partial charge in [-0.1, -0.05) is 0 Å². The highest BCUT2D eigenvalue weighted by atomic mass is 16.3. The van der Waals surface area contributed by atoms with E-state index in [2.05, 4.69) is 10.2 Å². The molecule has 0 amide bonds. The van der Waals surface area contributed by atoms with E-state index in [4.69, 9.17) is 5.11 Å². The molecule has 0 atom stereocenters. The molecule has 3 heteroatoms. The second kappa shape index (κ2) is 8.13. The van der Waals surface area contributed by atoms with E-state index in [9.17, 15) is 0 Å². The molecular weight excluding hydrogens is 224 g/mol. The molecule has 3 nitrogen and oxygen atoms in total. The first kappa shape index (κ1) is 14.3. The van der Waals surface area contributed by atoms with Crippen molar-refractivity contribution < 1.29 is 5.11 Å². The zero-order chi connectivity index (χ0) is 12.6. The van der Waals surface area contributed by atoms with Gasteiger partial charge in [-0.05, 0) is 89.5 Å². The van der Waals surface area contributed by atoms with Gasteiger partial charge in [0.15, 0.2) is 0 Å². The molecular formula is C15H30N2O. The smallest absolute Gasteiger partial charge is 0.0433 e. The monoisotopic (exact) mass is 254 g/mol. The van der Waals surface area contributed by atoms with E-state index >= 15 is 0 Å². The summed E-state index contributed by atoms with van der Waals surface area (Å²) in [4.78, 5) is 2.63. The second-order valence-corrected chi connectivity index (χ2v) is 6.13. The summed E-state index contributed by atoms with van der Waals surface area (Å²) in [5.74, 6) is 1.77. The number of likely N-dealkylation sites (tertiary alicyclic amines) is 1. The Hall–Kier alpha value is -0.120. The fourth-order valence-corrected chi connectivity index (χ4v) is 3.46. The molecule has 0 radical (unpaired) electrons. The van der Waals surface area contributed by atoms with E-state index in [1.807, 2.05) is 0 Å². The predicted octanol–water partition coefficient (Wildman–Crippen LogP) is 1.86.